The number of thiazole rings is 1. The molecule has 5 heteroatoms. The molecule has 0 unspecified atom stereocenters. The summed E-state index contributed by atoms with van der Waals surface area (Å²) in [6, 6.07) is 14.8. The number of para-hydroxylation sites is 1. The van der Waals surface area contributed by atoms with Crippen LogP contribution >= 0.6 is 11.3 Å². The van der Waals surface area contributed by atoms with E-state index < -0.39 is 0 Å². The van der Waals surface area contributed by atoms with Crippen LogP contribution in [-0.4, -0.2) is 4.92 Å². The Bertz CT molecular complexity index is 852. The molecule has 21 heavy (non-hydrogen) atoms. The second kappa shape index (κ2) is 5.46. The van der Waals surface area contributed by atoms with Crippen molar-refractivity contribution < 1.29 is 9.49 Å². The molecule has 0 saturated heterocycles. The maximum atomic E-state index is 10.8. The molecule has 104 valence electrons. The van der Waals surface area contributed by atoms with Crippen LogP contribution in [0.2, 0.25) is 0 Å². The molecule has 1 heterocycles. The highest BCUT2D eigenvalue weighted by Crippen LogP contribution is 2.22. The van der Waals surface area contributed by atoms with Crippen LogP contribution in [0.3, 0.4) is 0 Å². The van der Waals surface area contributed by atoms with Crippen LogP contribution in [0.5, 0.6) is 0 Å². The predicted octanol–water partition coefficient (Wildman–Crippen LogP) is 3.80. The summed E-state index contributed by atoms with van der Waals surface area (Å²) in [5, 5.41) is 11.9. The molecule has 0 aliphatic heterocycles. The fourth-order valence-corrected chi connectivity index (χ4v) is 3.23. The number of non-ortho nitro benzene ring substituents is 1. The fraction of sp³-hybridized carbons (Fsp3) is 0.0625. The van der Waals surface area contributed by atoms with E-state index in [4.69, 9.17) is 0 Å². The van der Waals surface area contributed by atoms with Gasteiger partial charge in [0.2, 0.25) is 5.52 Å². The van der Waals surface area contributed by atoms with E-state index >= 15 is 0 Å². The summed E-state index contributed by atoms with van der Waals surface area (Å²) in [6.45, 7) is 0. The molecule has 0 bridgehead atoms. The molecule has 0 fully saturated rings. The topological polar surface area (TPSA) is 47.0 Å². The average Bonchev–Trinajstić information content (AvgIpc) is 2.82. The molecular weight excluding hydrogens is 284 g/mol. The maximum Gasteiger partial charge on any atom is 0.270 e. The minimum Gasteiger partial charge on any atom is -0.258 e. The number of nitro benzene ring substituents is 1. The van der Waals surface area contributed by atoms with Crippen LogP contribution in [0.25, 0.3) is 22.4 Å². The van der Waals surface area contributed by atoms with Gasteiger partial charge in [-0.25, -0.2) is 0 Å². The first-order valence-electron chi connectivity index (χ1n) is 6.45. The minimum atomic E-state index is -0.378. The van der Waals surface area contributed by atoms with Gasteiger partial charge >= 0.3 is 0 Å². The predicted molar refractivity (Wildman–Crippen MR) is 85.0 cm³/mol. The third kappa shape index (κ3) is 2.68. The van der Waals surface area contributed by atoms with E-state index in [2.05, 4.69) is 16.7 Å². The van der Waals surface area contributed by atoms with E-state index in [9.17, 15) is 10.1 Å². The highest BCUT2D eigenvalue weighted by Gasteiger charge is 2.13. The molecule has 0 aliphatic rings. The van der Waals surface area contributed by atoms with Crippen molar-refractivity contribution in [3.05, 3.63) is 69.2 Å². The lowest BCUT2D eigenvalue weighted by molar-refractivity contribution is -0.642. The van der Waals surface area contributed by atoms with Gasteiger partial charge in [0.25, 0.3) is 10.7 Å². The smallest absolute Gasteiger partial charge is 0.258 e. The van der Waals surface area contributed by atoms with Crippen molar-refractivity contribution in [2.75, 3.05) is 0 Å². The monoisotopic (exact) mass is 297 g/mol. The van der Waals surface area contributed by atoms with Gasteiger partial charge in [0.1, 0.15) is 11.7 Å². The number of nitro groups is 1. The Hall–Kier alpha value is -2.53. The second-order valence-corrected chi connectivity index (χ2v) is 5.71. The Kier molecular flexibility index (Phi) is 3.50. The Labute approximate surface area is 125 Å². The van der Waals surface area contributed by atoms with Crippen LogP contribution in [0, 0.1) is 10.1 Å². The minimum absolute atomic E-state index is 0.109. The summed E-state index contributed by atoms with van der Waals surface area (Å²) in [4.78, 5) is 10.4. The van der Waals surface area contributed by atoms with Gasteiger partial charge in [-0.3, -0.25) is 10.1 Å². The van der Waals surface area contributed by atoms with Crippen molar-refractivity contribution in [2.24, 2.45) is 7.05 Å². The number of aromatic nitrogens is 1. The lowest BCUT2D eigenvalue weighted by Gasteiger charge is -1.93. The van der Waals surface area contributed by atoms with E-state index in [-0.39, 0.29) is 10.6 Å². The van der Waals surface area contributed by atoms with E-state index in [1.165, 1.54) is 16.3 Å². The Morgan fingerprint density at radius 1 is 1.14 bits per heavy atom. The molecule has 0 N–H and O–H groups in total. The number of nitrogens with zero attached hydrogens (tertiary/aromatic N) is 2. The zero-order valence-corrected chi connectivity index (χ0v) is 12.2. The van der Waals surface area contributed by atoms with Gasteiger partial charge in [-0.2, -0.15) is 4.57 Å². The second-order valence-electron chi connectivity index (χ2n) is 4.65. The highest BCUT2D eigenvalue weighted by atomic mass is 32.1. The van der Waals surface area contributed by atoms with Crippen molar-refractivity contribution in [3.63, 3.8) is 0 Å². The third-order valence-electron chi connectivity index (χ3n) is 3.27. The van der Waals surface area contributed by atoms with E-state index in [0.717, 1.165) is 10.6 Å². The van der Waals surface area contributed by atoms with Crippen LogP contribution < -0.4 is 4.57 Å². The van der Waals surface area contributed by atoms with E-state index in [1.54, 1.807) is 23.5 Å². The van der Waals surface area contributed by atoms with E-state index in [0.29, 0.717) is 0 Å². The molecule has 3 aromatic rings. The van der Waals surface area contributed by atoms with Crippen molar-refractivity contribution >= 4 is 39.4 Å². The molecule has 0 amide bonds. The molecule has 4 nitrogen and oxygen atoms in total. The van der Waals surface area contributed by atoms with Crippen LogP contribution in [0.15, 0.2) is 48.5 Å². The van der Waals surface area contributed by atoms with Gasteiger partial charge in [0, 0.05) is 24.3 Å². The molecule has 2 aromatic carbocycles. The van der Waals surface area contributed by atoms with Gasteiger partial charge in [0.15, 0.2) is 0 Å². The number of aryl methyl sites for hydroxylation is 1. The first kappa shape index (κ1) is 13.5. The van der Waals surface area contributed by atoms with Crippen molar-refractivity contribution in [1.29, 1.82) is 0 Å². The highest BCUT2D eigenvalue weighted by molar-refractivity contribution is 7.18. The first-order valence-corrected chi connectivity index (χ1v) is 7.27. The molecule has 0 radical (unpaired) electrons. The van der Waals surface area contributed by atoms with Crippen LogP contribution in [0.1, 0.15) is 10.6 Å². The number of hydrogen-bond acceptors (Lipinski definition) is 3. The zero-order chi connectivity index (χ0) is 14.8. The SMILES string of the molecule is C[n+]1c(/C=C/c2cccc([N+](=O)[O-])c2)sc2ccccc21. The largest absolute Gasteiger partial charge is 0.270 e. The number of hydrogen-bond donors (Lipinski definition) is 0. The summed E-state index contributed by atoms with van der Waals surface area (Å²) in [5.41, 5.74) is 2.11. The fourth-order valence-electron chi connectivity index (χ4n) is 2.18. The van der Waals surface area contributed by atoms with Gasteiger partial charge in [-0.15, -0.1) is 0 Å². The molecule has 0 spiro atoms. The summed E-state index contributed by atoms with van der Waals surface area (Å²) >= 11 is 1.70. The Morgan fingerprint density at radius 2 is 1.95 bits per heavy atom. The average molecular weight is 297 g/mol. The lowest BCUT2D eigenvalue weighted by Crippen LogP contribution is -2.28. The summed E-state index contributed by atoms with van der Waals surface area (Å²) in [6.07, 6.45) is 3.89. The zero-order valence-electron chi connectivity index (χ0n) is 11.4. The third-order valence-corrected chi connectivity index (χ3v) is 4.46. The number of fused-ring (bicyclic) bond motifs is 1. The van der Waals surface area contributed by atoms with Crippen molar-refractivity contribution in [2.45, 2.75) is 0 Å². The number of benzene rings is 2. The summed E-state index contributed by atoms with van der Waals surface area (Å²) in [7, 11) is 2.02. The van der Waals surface area contributed by atoms with Crippen LogP contribution in [0.4, 0.5) is 5.69 Å². The summed E-state index contributed by atoms with van der Waals surface area (Å²) in [5.74, 6) is 0. The first-order chi connectivity index (χ1) is 10.1. The molecule has 0 saturated carbocycles. The molecule has 1 aromatic heterocycles. The van der Waals surface area contributed by atoms with Gasteiger partial charge in [-0.1, -0.05) is 35.6 Å². The van der Waals surface area contributed by atoms with Crippen molar-refractivity contribution in [3.8, 4) is 0 Å². The normalized spacial score (nSPS) is 11.3. The summed E-state index contributed by atoms with van der Waals surface area (Å²) < 4.78 is 3.34. The molecular formula is C16H13N2O2S+. The van der Waals surface area contributed by atoms with Gasteiger partial charge in [-0.05, 0) is 17.7 Å². The lowest BCUT2D eigenvalue weighted by atomic mass is 10.2. The Balaban J connectivity index is 1.96. The Morgan fingerprint density at radius 3 is 2.71 bits per heavy atom. The number of rotatable bonds is 3. The van der Waals surface area contributed by atoms with Gasteiger partial charge in [0.05, 0.1) is 4.92 Å². The quantitative estimate of drug-likeness (QED) is 0.419. The molecule has 0 atom stereocenters. The van der Waals surface area contributed by atoms with E-state index in [1.807, 2.05) is 37.4 Å². The van der Waals surface area contributed by atoms with Gasteiger partial charge < -0.3 is 0 Å². The maximum absolute atomic E-state index is 10.8. The molecule has 0 aliphatic carbocycles. The molecule has 3 rings (SSSR count). The standard InChI is InChI=1S/C16H13N2O2S/c1-17-14-7-2-3-8-15(14)21-16(17)10-9-12-5-4-6-13(11-12)18(19)20/h2-11H,1H3/q+1/b10-9+. The van der Waals surface area contributed by atoms with Crippen LogP contribution in [-0.2, 0) is 7.05 Å². The van der Waals surface area contributed by atoms with Crippen molar-refractivity contribution in [1.82, 2.24) is 0 Å².